The summed E-state index contributed by atoms with van der Waals surface area (Å²) in [5.41, 5.74) is 2.86. The molecule has 2 aromatic carbocycles. The molecule has 2 heterocycles. The van der Waals surface area contributed by atoms with Gasteiger partial charge in [-0.3, -0.25) is 0 Å². The van der Waals surface area contributed by atoms with Crippen molar-refractivity contribution in [2.24, 2.45) is 0 Å². The number of aromatic nitrogens is 2. The van der Waals surface area contributed by atoms with E-state index in [9.17, 15) is 9.18 Å². The average Bonchev–Trinajstić information content (AvgIpc) is 3.11. The third kappa shape index (κ3) is 3.55. The summed E-state index contributed by atoms with van der Waals surface area (Å²) in [5.74, 6) is -0.173. The fourth-order valence-electron chi connectivity index (χ4n) is 2.82. The van der Waals surface area contributed by atoms with Crippen molar-refractivity contribution in [3.8, 4) is 11.3 Å². The minimum atomic E-state index is -0.488. The Morgan fingerprint density at radius 3 is 2.63 bits per heavy atom. The molecular weight excluding hydrogens is 347 g/mol. The summed E-state index contributed by atoms with van der Waals surface area (Å²) in [6, 6.07) is 16.6. The lowest BCUT2D eigenvalue weighted by Crippen LogP contribution is -2.07. The predicted octanol–water partition coefficient (Wildman–Crippen LogP) is 4.69. The molecule has 0 bridgehead atoms. The quantitative estimate of drug-likeness (QED) is 0.493. The topological polar surface area (TPSA) is 65.2 Å². The first-order chi connectivity index (χ1) is 13.1. The molecule has 0 spiro atoms. The van der Waals surface area contributed by atoms with E-state index < -0.39 is 5.97 Å². The van der Waals surface area contributed by atoms with Crippen LogP contribution >= 0.6 is 0 Å². The Kier molecular flexibility index (Phi) is 4.38. The van der Waals surface area contributed by atoms with E-state index in [4.69, 9.17) is 9.26 Å². The van der Waals surface area contributed by atoms with Crippen LogP contribution in [0.4, 0.5) is 4.39 Å². The lowest BCUT2D eigenvalue weighted by Gasteiger charge is -2.09. The number of carbonyl (C=O) groups excluding carboxylic acids is 1. The standard InChI is InChI=1S/C21H15FN2O3/c1-13-10-16(24-27-13)12-26-21(25)18-11-20(14-6-8-15(22)9-7-14)23-19-5-3-2-4-17(18)19/h2-11H,12H2,1H3. The van der Waals surface area contributed by atoms with Gasteiger partial charge in [0.05, 0.1) is 16.8 Å². The van der Waals surface area contributed by atoms with Crippen LogP contribution in [0.15, 0.2) is 65.2 Å². The first kappa shape index (κ1) is 16.9. The monoisotopic (exact) mass is 362 g/mol. The Bertz CT molecular complexity index is 1120. The van der Waals surface area contributed by atoms with Gasteiger partial charge in [-0.25, -0.2) is 14.2 Å². The number of esters is 1. The molecular formula is C21H15FN2O3. The second-order valence-corrected chi connectivity index (χ2v) is 6.08. The molecule has 134 valence electrons. The Morgan fingerprint density at radius 1 is 1.11 bits per heavy atom. The van der Waals surface area contributed by atoms with Crippen molar-refractivity contribution in [3.63, 3.8) is 0 Å². The molecule has 0 aliphatic rings. The van der Waals surface area contributed by atoms with Crippen LogP contribution in [0.25, 0.3) is 22.2 Å². The van der Waals surface area contributed by atoms with Crippen molar-refractivity contribution >= 4 is 16.9 Å². The Hall–Kier alpha value is -3.54. The van der Waals surface area contributed by atoms with Crippen LogP contribution in [0.3, 0.4) is 0 Å². The van der Waals surface area contributed by atoms with Gasteiger partial charge >= 0.3 is 5.97 Å². The highest BCUT2D eigenvalue weighted by molar-refractivity contribution is 6.04. The number of halogens is 1. The molecule has 0 unspecified atom stereocenters. The zero-order valence-electron chi connectivity index (χ0n) is 14.5. The van der Waals surface area contributed by atoms with Gasteiger partial charge in [0.15, 0.2) is 0 Å². The molecule has 0 fully saturated rings. The second kappa shape index (κ2) is 6.99. The highest BCUT2D eigenvalue weighted by atomic mass is 19.1. The number of rotatable bonds is 4. The summed E-state index contributed by atoms with van der Waals surface area (Å²) >= 11 is 0. The van der Waals surface area contributed by atoms with E-state index in [0.717, 1.165) is 0 Å². The molecule has 6 heteroatoms. The number of carbonyl (C=O) groups is 1. The van der Waals surface area contributed by atoms with Crippen LogP contribution in [0.1, 0.15) is 21.8 Å². The number of benzene rings is 2. The Morgan fingerprint density at radius 2 is 1.89 bits per heavy atom. The molecule has 0 atom stereocenters. The third-order valence-electron chi connectivity index (χ3n) is 4.10. The first-order valence-electron chi connectivity index (χ1n) is 8.35. The lowest BCUT2D eigenvalue weighted by molar-refractivity contribution is 0.0466. The summed E-state index contributed by atoms with van der Waals surface area (Å²) < 4.78 is 23.6. The Balaban J connectivity index is 1.71. The van der Waals surface area contributed by atoms with Crippen LogP contribution in [-0.4, -0.2) is 16.1 Å². The molecule has 27 heavy (non-hydrogen) atoms. The Labute approximate surface area is 154 Å². The van der Waals surface area contributed by atoms with E-state index in [2.05, 4.69) is 10.1 Å². The summed E-state index contributed by atoms with van der Waals surface area (Å²) in [7, 11) is 0. The summed E-state index contributed by atoms with van der Waals surface area (Å²) in [6.07, 6.45) is 0. The highest BCUT2D eigenvalue weighted by Crippen LogP contribution is 2.26. The maximum absolute atomic E-state index is 13.2. The van der Waals surface area contributed by atoms with E-state index in [1.165, 1.54) is 12.1 Å². The van der Waals surface area contributed by atoms with Gasteiger partial charge in [-0.1, -0.05) is 23.4 Å². The maximum atomic E-state index is 13.2. The van der Waals surface area contributed by atoms with Gasteiger partial charge < -0.3 is 9.26 Å². The molecule has 0 aliphatic heterocycles. The second-order valence-electron chi connectivity index (χ2n) is 6.08. The van der Waals surface area contributed by atoms with Crippen molar-refractivity contribution in [2.75, 3.05) is 0 Å². The molecule has 0 saturated carbocycles. The van der Waals surface area contributed by atoms with Crippen molar-refractivity contribution in [1.82, 2.24) is 10.1 Å². The van der Waals surface area contributed by atoms with Crippen molar-refractivity contribution in [2.45, 2.75) is 13.5 Å². The lowest BCUT2D eigenvalue weighted by atomic mass is 10.0. The molecule has 4 aromatic rings. The molecule has 0 saturated heterocycles. The van der Waals surface area contributed by atoms with Crippen LogP contribution in [0.5, 0.6) is 0 Å². The fourth-order valence-corrected chi connectivity index (χ4v) is 2.82. The number of hydrogen-bond acceptors (Lipinski definition) is 5. The van der Waals surface area contributed by atoms with E-state index in [1.807, 2.05) is 24.3 Å². The SMILES string of the molecule is Cc1cc(COC(=O)c2cc(-c3ccc(F)cc3)nc3ccccc23)no1. The summed E-state index contributed by atoms with van der Waals surface area (Å²) in [5, 5.41) is 4.50. The highest BCUT2D eigenvalue weighted by Gasteiger charge is 2.16. The molecule has 0 aliphatic carbocycles. The van der Waals surface area contributed by atoms with E-state index in [-0.39, 0.29) is 12.4 Å². The molecule has 2 aromatic heterocycles. The summed E-state index contributed by atoms with van der Waals surface area (Å²) in [6.45, 7) is 1.78. The number of ether oxygens (including phenoxy) is 1. The van der Waals surface area contributed by atoms with E-state index in [0.29, 0.717) is 39.2 Å². The molecule has 4 rings (SSSR count). The first-order valence-corrected chi connectivity index (χ1v) is 8.35. The number of pyridine rings is 1. The minimum absolute atomic E-state index is 0.0126. The van der Waals surface area contributed by atoms with E-state index >= 15 is 0 Å². The van der Waals surface area contributed by atoms with Crippen LogP contribution < -0.4 is 0 Å². The number of para-hydroxylation sites is 1. The largest absolute Gasteiger partial charge is 0.455 e. The normalized spacial score (nSPS) is 10.9. The van der Waals surface area contributed by atoms with Crippen LogP contribution in [-0.2, 0) is 11.3 Å². The van der Waals surface area contributed by atoms with Gasteiger partial charge in [-0.15, -0.1) is 0 Å². The number of fused-ring (bicyclic) bond motifs is 1. The van der Waals surface area contributed by atoms with Crippen molar-refractivity contribution < 1.29 is 18.4 Å². The van der Waals surface area contributed by atoms with Gasteiger partial charge in [0.1, 0.15) is 23.9 Å². The van der Waals surface area contributed by atoms with Crippen LogP contribution in [0, 0.1) is 12.7 Å². The van der Waals surface area contributed by atoms with E-state index in [1.54, 1.807) is 31.2 Å². The van der Waals surface area contributed by atoms with Crippen molar-refractivity contribution in [3.05, 3.63) is 83.5 Å². The predicted molar refractivity (Wildman–Crippen MR) is 97.5 cm³/mol. The van der Waals surface area contributed by atoms with Gasteiger partial charge in [-0.2, -0.15) is 0 Å². The fraction of sp³-hybridized carbons (Fsp3) is 0.0952. The molecule has 0 radical (unpaired) electrons. The number of hydrogen-bond donors (Lipinski definition) is 0. The zero-order chi connectivity index (χ0) is 18.8. The smallest absolute Gasteiger partial charge is 0.339 e. The van der Waals surface area contributed by atoms with Gasteiger partial charge in [0.25, 0.3) is 0 Å². The van der Waals surface area contributed by atoms with Gasteiger partial charge in [0, 0.05) is 17.0 Å². The van der Waals surface area contributed by atoms with Crippen LogP contribution in [0.2, 0.25) is 0 Å². The zero-order valence-corrected chi connectivity index (χ0v) is 14.5. The summed E-state index contributed by atoms with van der Waals surface area (Å²) in [4.78, 5) is 17.3. The maximum Gasteiger partial charge on any atom is 0.339 e. The molecule has 0 amide bonds. The molecule has 5 nitrogen and oxygen atoms in total. The number of aryl methyl sites for hydroxylation is 1. The van der Waals surface area contributed by atoms with Gasteiger partial charge in [-0.05, 0) is 43.3 Å². The third-order valence-corrected chi connectivity index (χ3v) is 4.10. The number of nitrogens with zero attached hydrogens (tertiary/aromatic N) is 2. The minimum Gasteiger partial charge on any atom is -0.455 e. The average molecular weight is 362 g/mol. The van der Waals surface area contributed by atoms with Gasteiger partial charge in [0.2, 0.25) is 0 Å². The molecule has 0 N–H and O–H groups in total. The van der Waals surface area contributed by atoms with Crippen molar-refractivity contribution in [1.29, 1.82) is 0 Å².